The number of aryl methyl sites for hydroxylation is 1. The zero-order valence-corrected chi connectivity index (χ0v) is 16.3. The predicted molar refractivity (Wildman–Crippen MR) is 107 cm³/mol. The Morgan fingerprint density at radius 3 is 2.79 bits per heavy atom. The highest BCUT2D eigenvalue weighted by molar-refractivity contribution is 5.94. The van der Waals surface area contributed by atoms with Crippen LogP contribution in [0, 0.1) is 6.92 Å². The molecule has 0 bridgehead atoms. The third-order valence-corrected chi connectivity index (χ3v) is 5.18. The van der Waals surface area contributed by atoms with Gasteiger partial charge in [-0.1, -0.05) is 12.1 Å². The average Bonchev–Trinajstić information content (AvgIpc) is 3.14. The lowest BCUT2D eigenvalue weighted by molar-refractivity contribution is 0.0350. The van der Waals surface area contributed by atoms with Crippen LogP contribution >= 0.6 is 0 Å². The van der Waals surface area contributed by atoms with Crippen molar-refractivity contribution in [1.82, 2.24) is 14.3 Å². The highest BCUT2D eigenvalue weighted by Crippen LogP contribution is 2.20. The van der Waals surface area contributed by atoms with Crippen molar-refractivity contribution in [2.45, 2.75) is 32.5 Å². The van der Waals surface area contributed by atoms with Gasteiger partial charge in [0.05, 0.1) is 11.8 Å². The molecule has 1 aromatic carbocycles. The van der Waals surface area contributed by atoms with Crippen molar-refractivity contribution < 1.29 is 14.3 Å². The van der Waals surface area contributed by atoms with Crippen LogP contribution in [0.15, 0.2) is 48.8 Å². The second-order valence-electron chi connectivity index (χ2n) is 7.25. The third-order valence-electron chi connectivity index (χ3n) is 5.18. The standard InChI is InChI=1S/C22H25N3O3/c1-16-6-7-21-23-18(14-25(21)13-16)15-28-20-5-3-4-17(12-20)22(26)24-10-8-19(27-2)9-11-24/h3-7,12-14,19H,8-11,15H2,1-2H3. The lowest BCUT2D eigenvalue weighted by atomic mass is 10.1. The van der Waals surface area contributed by atoms with Crippen LogP contribution in [0.5, 0.6) is 5.75 Å². The molecule has 4 rings (SSSR count). The van der Waals surface area contributed by atoms with Gasteiger partial charge >= 0.3 is 0 Å². The number of carbonyl (C=O) groups excluding carboxylic acids is 1. The third kappa shape index (κ3) is 4.02. The zero-order chi connectivity index (χ0) is 19.5. The number of fused-ring (bicyclic) bond motifs is 1. The summed E-state index contributed by atoms with van der Waals surface area (Å²) in [4.78, 5) is 19.2. The summed E-state index contributed by atoms with van der Waals surface area (Å²) in [6.45, 7) is 3.86. The van der Waals surface area contributed by atoms with E-state index in [-0.39, 0.29) is 12.0 Å². The number of amides is 1. The highest BCUT2D eigenvalue weighted by Gasteiger charge is 2.23. The van der Waals surface area contributed by atoms with E-state index in [9.17, 15) is 4.79 Å². The van der Waals surface area contributed by atoms with Crippen LogP contribution in [-0.4, -0.2) is 46.5 Å². The van der Waals surface area contributed by atoms with E-state index in [2.05, 4.69) is 11.9 Å². The monoisotopic (exact) mass is 379 g/mol. The van der Waals surface area contributed by atoms with Gasteiger partial charge in [-0.3, -0.25) is 4.79 Å². The van der Waals surface area contributed by atoms with Gasteiger partial charge in [-0.15, -0.1) is 0 Å². The first-order valence-electron chi connectivity index (χ1n) is 9.61. The van der Waals surface area contributed by atoms with Gasteiger partial charge in [0.2, 0.25) is 0 Å². The fourth-order valence-corrected chi connectivity index (χ4v) is 3.58. The van der Waals surface area contributed by atoms with Crippen LogP contribution in [-0.2, 0) is 11.3 Å². The van der Waals surface area contributed by atoms with Crippen LogP contribution in [0.1, 0.15) is 34.5 Å². The van der Waals surface area contributed by atoms with Crippen molar-refractivity contribution in [2.24, 2.45) is 0 Å². The maximum Gasteiger partial charge on any atom is 0.253 e. The average molecular weight is 379 g/mol. The van der Waals surface area contributed by atoms with E-state index in [0.29, 0.717) is 17.9 Å². The Morgan fingerprint density at radius 2 is 2.00 bits per heavy atom. The van der Waals surface area contributed by atoms with Crippen molar-refractivity contribution in [1.29, 1.82) is 0 Å². The van der Waals surface area contributed by atoms with E-state index >= 15 is 0 Å². The molecule has 0 radical (unpaired) electrons. The lowest BCUT2D eigenvalue weighted by Gasteiger charge is -2.31. The van der Waals surface area contributed by atoms with E-state index in [0.717, 1.165) is 37.3 Å². The highest BCUT2D eigenvalue weighted by atomic mass is 16.5. The molecule has 0 N–H and O–H groups in total. The minimum Gasteiger partial charge on any atom is -0.487 e. The summed E-state index contributed by atoms with van der Waals surface area (Å²) in [6.07, 6.45) is 6.03. The first-order valence-corrected chi connectivity index (χ1v) is 9.61. The number of methoxy groups -OCH3 is 1. The Balaban J connectivity index is 1.41. The molecule has 0 saturated carbocycles. The number of piperidine rings is 1. The molecule has 1 aliphatic rings. The van der Waals surface area contributed by atoms with Crippen molar-refractivity contribution in [3.05, 3.63) is 65.6 Å². The van der Waals surface area contributed by atoms with E-state index in [1.807, 2.05) is 58.1 Å². The van der Waals surface area contributed by atoms with Gasteiger partial charge in [-0.2, -0.15) is 0 Å². The van der Waals surface area contributed by atoms with Crippen molar-refractivity contribution in [2.75, 3.05) is 20.2 Å². The van der Waals surface area contributed by atoms with Crippen molar-refractivity contribution in [3.63, 3.8) is 0 Å². The van der Waals surface area contributed by atoms with Crippen LogP contribution in [0.25, 0.3) is 5.65 Å². The second-order valence-corrected chi connectivity index (χ2v) is 7.25. The van der Waals surface area contributed by atoms with Gasteiger partial charge in [0.1, 0.15) is 18.0 Å². The molecule has 1 amide bonds. The fraction of sp³-hybridized carbons (Fsp3) is 0.364. The molecule has 0 unspecified atom stereocenters. The van der Waals surface area contributed by atoms with Crippen LogP contribution in [0.4, 0.5) is 0 Å². The molecule has 2 aromatic heterocycles. The SMILES string of the molecule is COC1CCN(C(=O)c2cccc(OCc3cn4cc(C)ccc4n3)c2)CC1. The Kier molecular flexibility index (Phi) is 5.30. The number of hydrogen-bond acceptors (Lipinski definition) is 4. The molecular weight excluding hydrogens is 354 g/mol. The summed E-state index contributed by atoms with van der Waals surface area (Å²) in [5, 5.41) is 0. The van der Waals surface area contributed by atoms with E-state index in [1.165, 1.54) is 5.56 Å². The number of rotatable bonds is 5. The van der Waals surface area contributed by atoms with Gasteiger partial charge in [0, 0.05) is 38.2 Å². The topological polar surface area (TPSA) is 56.1 Å². The van der Waals surface area contributed by atoms with Gasteiger partial charge in [-0.25, -0.2) is 4.98 Å². The second kappa shape index (κ2) is 8.02. The Labute approximate surface area is 164 Å². The molecule has 0 aliphatic carbocycles. The Morgan fingerprint density at radius 1 is 1.18 bits per heavy atom. The number of benzene rings is 1. The minimum absolute atomic E-state index is 0.0446. The predicted octanol–water partition coefficient (Wildman–Crippen LogP) is 3.47. The van der Waals surface area contributed by atoms with E-state index in [4.69, 9.17) is 9.47 Å². The molecule has 6 nitrogen and oxygen atoms in total. The van der Waals surface area contributed by atoms with Gasteiger partial charge in [-0.05, 0) is 49.6 Å². The number of carbonyl (C=O) groups is 1. The molecule has 1 fully saturated rings. The van der Waals surface area contributed by atoms with E-state index < -0.39 is 0 Å². The molecule has 146 valence electrons. The van der Waals surface area contributed by atoms with Crippen LogP contribution < -0.4 is 4.74 Å². The number of imidazole rings is 1. The lowest BCUT2D eigenvalue weighted by Crippen LogP contribution is -2.40. The summed E-state index contributed by atoms with van der Waals surface area (Å²) in [5.41, 5.74) is 3.58. The first-order chi connectivity index (χ1) is 13.6. The van der Waals surface area contributed by atoms with Crippen molar-refractivity contribution >= 4 is 11.6 Å². The molecule has 28 heavy (non-hydrogen) atoms. The number of likely N-dealkylation sites (tertiary alicyclic amines) is 1. The quantitative estimate of drug-likeness (QED) is 0.681. The smallest absolute Gasteiger partial charge is 0.253 e. The molecule has 0 spiro atoms. The summed E-state index contributed by atoms with van der Waals surface area (Å²) < 4.78 is 13.3. The van der Waals surface area contributed by atoms with E-state index in [1.54, 1.807) is 7.11 Å². The van der Waals surface area contributed by atoms with Gasteiger partial charge in [0.25, 0.3) is 5.91 Å². The van der Waals surface area contributed by atoms with Gasteiger partial charge < -0.3 is 18.8 Å². The fourth-order valence-electron chi connectivity index (χ4n) is 3.58. The van der Waals surface area contributed by atoms with Crippen molar-refractivity contribution in [3.8, 4) is 5.75 Å². The molecule has 3 heterocycles. The Bertz CT molecular complexity index is 974. The summed E-state index contributed by atoms with van der Waals surface area (Å²) in [6, 6.07) is 11.4. The number of pyridine rings is 1. The largest absolute Gasteiger partial charge is 0.487 e. The number of nitrogens with zero attached hydrogens (tertiary/aromatic N) is 3. The number of aromatic nitrogens is 2. The number of hydrogen-bond donors (Lipinski definition) is 0. The summed E-state index contributed by atoms with van der Waals surface area (Å²) in [5.74, 6) is 0.717. The van der Waals surface area contributed by atoms with Crippen LogP contribution in [0.2, 0.25) is 0 Å². The molecule has 1 aliphatic heterocycles. The molecule has 0 atom stereocenters. The maximum atomic E-state index is 12.8. The zero-order valence-electron chi connectivity index (χ0n) is 16.3. The molecule has 1 saturated heterocycles. The summed E-state index contributed by atoms with van der Waals surface area (Å²) in [7, 11) is 1.73. The minimum atomic E-state index is 0.0446. The molecule has 3 aromatic rings. The first kappa shape index (κ1) is 18.5. The summed E-state index contributed by atoms with van der Waals surface area (Å²) >= 11 is 0. The van der Waals surface area contributed by atoms with Gasteiger partial charge in [0.15, 0.2) is 0 Å². The van der Waals surface area contributed by atoms with Crippen LogP contribution in [0.3, 0.4) is 0 Å². The Hall–Kier alpha value is -2.86. The molecular formula is C22H25N3O3. The molecule has 6 heteroatoms. The maximum absolute atomic E-state index is 12.8. The normalized spacial score (nSPS) is 15.1. The number of ether oxygens (including phenoxy) is 2.